The van der Waals surface area contributed by atoms with Crippen LogP contribution in [0, 0.1) is 5.92 Å². The molecule has 3 heterocycles. The van der Waals surface area contributed by atoms with Gasteiger partial charge in [0.2, 0.25) is 5.91 Å². The topological polar surface area (TPSA) is 69.6 Å². The van der Waals surface area contributed by atoms with E-state index in [2.05, 4.69) is 21.8 Å². The fraction of sp³-hybridized carbons (Fsp3) is 0.647. The molecule has 1 aromatic rings. The summed E-state index contributed by atoms with van der Waals surface area (Å²) < 4.78 is 0. The predicted molar refractivity (Wildman–Crippen MR) is 90.8 cm³/mol. The molecule has 2 fully saturated rings. The molecule has 24 heavy (non-hydrogen) atoms. The van der Waals surface area contributed by atoms with Crippen LogP contribution in [0.2, 0.25) is 0 Å². The summed E-state index contributed by atoms with van der Waals surface area (Å²) in [4.78, 5) is 38.4. The van der Waals surface area contributed by atoms with Crippen LogP contribution in [-0.2, 0) is 4.79 Å². The second kappa shape index (κ2) is 7.15. The predicted octanol–water partition coefficient (Wildman–Crippen LogP) is 1.02. The van der Waals surface area contributed by atoms with E-state index in [1.54, 1.807) is 22.8 Å². The number of anilines is 1. The summed E-state index contributed by atoms with van der Waals surface area (Å²) >= 11 is 0. The SMILES string of the molecule is CC(=O)N1CCN(C(=O)c2cc(N3CCCC(C)C3)ncn2)CC1. The Balaban J connectivity index is 1.67. The van der Waals surface area contributed by atoms with Crippen molar-refractivity contribution in [3.63, 3.8) is 0 Å². The largest absolute Gasteiger partial charge is 0.356 e. The lowest BCUT2D eigenvalue weighted by Crippen LogP contribution is -2.50. The van der Waals surface area contributed by atoms with E-state index < -0.39 is 0 Å². The molecular formula is C17H25N5O2. The highest BCUT2D eigenvalue weighted by Crippen LogP contribution is 2.21. The van der Waals surface area contributed by atoms with E-state index in [1.165, 1.54) is 12.7 Å². The number of rotatable bonds is 2. The third-order valence-corrected chi connectivity index (χ3v) is 4.86. The monoisotopic (exact) mass is 331 g/mol. The summed E-state index contributed by atoms with van der Waals surface area (Å²) in [6.45, 7) is 8.04. The first-order valence-corrected chi connectivity index (χ1v) is 8.66. The molecule has 130 valence electrons. The van der Waals surface area contributed by atoms with E-state index in [0.29, 0.717) is 37.8 Å². The van der Waals surface area contributed by atoms with Gasteiger partial charge in [-0.15, -0.1) is 0 Å². The maximum Gasteiger partial charge on any atom is 0.272 e. The summed E-state index contributed by atoms with van der Waals surface area (Å²) in [5.74, 6) is 1.47. The number of carbonyl (C=O) groups excluding carboxylic acids is 2. The molecule has 1 aromatic heterocycles. The molecule has 0 radical (unpaired) electrons. The minimum Gasteiger partial charge on any atom is -0.356 e. The van der Waals surface area contributed by atoms with Crippen LogP contribution in [0.25, 0.3) is 0 Å². The van der Waals surface area contributed by atoms with Crippen LogP contribution in [0.3, 0.4) is 0 Å². The van der Waals surface area contributed by atoms with E-state index in [-0.39, 0.29) is 11.8 Å². The molecule has 1 unspecified atom stereocenters. The van der Waals surface area contributed by atoms with Crippen molar-refractivity contribution in [1.29, 1.82) is 0 Å². The Morgan fingerprint density at radius 1 is 1.08 bits per heavy atom. The van der Waals surface area contributed by atoms with Gasteiger partial charge in [0.25, 0.3) is 5.91 Å². The Hall–Kier alpha value is -2.18. The first-order valence-electron chi connectivity index (χ1n) is 8.66. The summed E-state index contributed by atoms with van der Waals surface area (Å²) in [7, 11) is 0. The molecule has 7 heteroatoms. The van der Waals surface area contributed by atoms with Crippen LogP contribution >= 0.6 is 0 Å². The quantitative estimate of drug-likeness (QED) is 0.809. The molecule has 0 bridgehead atoms. The second-order valence-corrected chi connectivity index (χ2v) is 6.75. The van der Waals surface area contributed by atoms with Gasteiger partial charge >= 0.3 is 0 Å². The maximum absolute atomic E-state index is 12.7. The average Bonchev–Trinajstić information content (AvgIpc) is 2.61. The number of hydrogen-bond donors (Lipinski definition) is 0. The van der Waals surface area contributed by atoms with Crippen LogP contribution in [-0.4, -0.2) is 70.9 Å². The van der Waals surface area contributed by atoms with E-state index >= 15 is 0 Å². The van der Waals surface area contributed by atoms with Crippen LogP contribution in [0.5, 0.6) is 0 Å². The third-order valence-electron chi connectivity index (χ3n) is 4.86. The number of piperidine rings is 1. The number of amides is 2. The van der Waals surface area contributed by atoms with Crippen molar-refractivity contribution >= 4 is 17.6 Å². The molecule has 0 N–H and O–H groups in total. The van der Waals surface area contributed by atoms with E-state index in [9.17, 15) is 9.59 Å². The molecular weight excluding hydrogens is 306 g/mol. The zero-order chi connectivity index (χ0) is 17.1. The lowest BCUT2D eigenvalue weighted by atomic mass is 10.0. The highest BCUT2D eigenvalue weighted by atomic mass is 16.2. The van der Waals surface area contributed by atoms with Gasteiger partial charge in [-0.1, -0.05) is 6.92 Å². The molecule has 0 aliphatic carbocycles. The van der Waals surface area contributed by atoms with Gasteiger partial charge in [0.1, 0.15) is 17.8 Å². The Morgan fingerprint density at radius 2 is 1.79 bits per heavy atom. The molecule has 0 spiro atoms. The number of carbonyl (C=O) groups is 2. The van der Waals surface area contributed by atoms with Gasteiger partial charge in [-0.05, 0) is 18.8 Å². The normalized spacial score (nSPS) is 21.8. The molecule has 0 aromatic carbocycles. The van der Waals surface area contributed by atoms with Crippen molar-refractivity contribution in [2.24, 2.45) is 5.92 Å². The lowest BCUT2D eigenvalue weighted by Gasteiger charge is -2.34. The zero-order valence-corrected chi connectivity index (χ0v) is 14.4. The van der Waals surface area contributed by atoms with Crippen molar-refractivity contribution in [2.45, 2.75) is 26.7 Å². The van der Waals surface area contributed by atoms with E-state index in [4.69, 9.17) is 0 Å². The Bertz CT molecular complexity index is 613. The lowest BCUT2D eigenvalue weighted by molar-refractivity contribution is -0.130. The third kappa shape index (κ3) is 3.66. The number of piperazine rings is 1. The van der Waals surface area contributed by atoms with Crippen LogP contribution in [0.1, 0.15) is 37.2 Å². The van der Waals surface area contributed by atoms with Crippen LogP contribution in [0.15, 0.2) is 12.4 Å². The van der Waals surface area contributed by atoms with Gasteiger partial charge in [0.15, 0.2) is 0 Å². The standard InChI is InChI=1S/C17H25N5O2/c1-13-4-3-5-22(11-13)16-10-15(18-12-19-16)17(24)21-8-6-20(7-9-21)14(2)23/h10,12-13H,3-9,11H2,1-2H3. The van der Waals surface area contributed by atoms with Gasteiger partial charge in [-0.2, -0.15) is 0 Å². The van der Waals surface area contributed by atoms with Crippen molar-refractivity contribution in [3.05, 3.63) is 18.1 Å². The molecule has 2 amide bonds. The van der Waals surface area contributed by atoms with Gasteiger partial charge in [0, 0.05) is 52.3 Å². The van der Waals surface area contributed by atoms with Crippen molar-refractivity contribution in [1.82, 2.24) is 19.8 Å². The minimum absolute atomic E-state index is 0.0608. The number of nitrogens with zero attached hydrogens (tertiary/aromatic N) is 5. The molecule has 2 aliphatic heterocycles. The van der Waals surface area contributed by atoms with E-state index in [0.717, 1.165) is 25.3 Å². The Labute approximate surface area is 142 Å². The molecule has 0 saturated carbocycles. The fourth-order valence-electron chi connectivity index (χ4n) is 3.42. The van der Waals surface area contributed by atoms with Gasteiger partial charge < -0.3 is 14.7 Å². The molecule has 2 aliphatic rings. The Kier molecular flexibility index (Phi) is 4.97. The summed E-state index contributed by atoms with van der Waals surface area (Å²) in [6.07, 6.45) is 3.88. The summed E-state index contributed by atoms with van der Waals surface area (Å²) in [6, 6.07) is 1.80. The summed E-state index contributed by atoms with van der Waals surface area (Å²) in [5.41, 5.74) is 0.439. The molecule has 7 nitrogen and oxygen atoms in total. The average molecular weight is 331 g/mol. The van der Waals surface area contributed by atoms with Crippen molar-refractivity contribution in [3.8, 4) is 0 Å². The zero-order valence-electron chi connectivity index (χ0n) is 14.4. The van der Waals surface area contributed by atoms with Crippen molar-refractivity contribution < 1.29 is 9.59 Å². The summed E-state index contributed by atoms with van der Waals surface area (Å²) in [5, 5.41) is 0. The number of aromatic nitrogens is 2. The van der Waals surface area contributed by atoms with E-state index in [1.807, 2.05) is 0 Å². The second-order valence-electron chi connectivity index (χ2n) is 6.75. The first kappa shape index (κ1) is 16.7. The highest BCUT2D eigenvalue weighted by molar-refractivity contribution is 5.93. The van der Waals surface area contributed by atoms with Gasteiger partial charge in [0.05, 0.1) is 0 Å². The van der Waals surface area contributed by atoms with Gasteiger partial charge in [-0.3, -0.25) is 9.59 Å². The Morgan fingerprint density at radius 3 is 2.46 bits per heavy atom. The van der Waals surface area contributed by atoms with Crippen molar-refractivity contribution in [2.75, 3.05) is 44.2 Å². The smallest absolute Gasteiger partial charge is 0.272 e. The first-order chi connectivity index (χ1) is 11.5. The van der Waals surface area contributed by atoms with Gasteiger partial charge in [-0.25, -0.2) is 9.97 Å². The molecule has 1 atom stereocenters. The number of hydrogen-bond acceptors (Lipinski definition) is 5. The van der Waals surface area contributed by atoms with Crippen LogP contribution < -0.4 is 4.90 Å². The molecule has 3 rings (SSSR count). The highest BCUT2D eigenvalue weighted by Gasteiger charge is 2.25. The fourth-order valence-corrected chi connectivity index (χ4v) is 3.42. The van der Waals surface area contributed by atoms with Crippen LogP contribution in [0.4, 0.5) is 5.82 Å². The molecule has 2 saturated heterocycles. The minimum atomic E-state index is -0.0769. The maximum atomic E-state index is 12.7.